The molecule has 33 heavy (non-hydrogen) atoms. The first-order valence-corrected chi connectivity index (χ1v) is 12.9. The quantitative estimate of drug-likeness (QED) is 0.577. The number of halogens is 1. The van der Waals surface area contributed by atoms with Crippen LogP contribution in [0, 0.1) is 13.8 Å². The largest absolute Gasteiger partial charge is 0.352 e. The van der Waals surface area contributed by atoms with Crippen LogP contribution in [0.15, 0.2) is 42.5 Å². The lowest BCUT2D eigenvalue weighted by Crippen LogP contribution is -2.52. The summed E-state index contributed by atoms with van der Waals surface area (Å²) in [7, 11) is -3.76. The Morgan fingerprint density at radius 1 is 1.06 bits per heavy atom. The highest BCUT2D eigenvalue weighted by atomic mass is 35.5. The van der Waals surface area contributed by atoms with Crippen molar-refractivity contribution in [2.75, 3.05) is 17.1 Å². The Bertz CT molecular complexity index is 1120. The smallest absolute Gasteiger partial charge is 0.244 e. The normalized spacial score (nSPS) is 12.4. The number of nitrogens with zero attached hydrogens (tertiary/aromatic N) is 2. The van der Waals surface area contributed by atoms with Gasteiger partial charge in [-0.05, 0) is 63.9 Å². The molecule has 0 aliphatic carbocycles. The lowest BCUT2D eigenvalue weighted by Gasteiger charge is -2.32. The van der Waals surface area contributed by atoms with E-state index in [9.17, 15) is 18.0 Å². The molecule has 0 radical (unpaired) electrons. The molecule has 0 spiro atoms. The number of carbonyl (C=O) groups excluding carboxylic acids is 2. The zero-order valence-corrected chi connectivity index (χ0v) is 21.5. The van der Waals surface area contributed by atoms with Gasteiger partial charge < -0.3 is 10.2 Å². The van der Waals surface area contributed by atoms with Gasteiger partial charge in [0, 0.05) is 17.6 Å². The fourth-order valence-corrected chi connectivity index (χ4v) is 4.62. The van der Waals surface area contributed by atoms with Gasteiger partial charge in [-0.15, -0.1) is 0 Å². The first kappa shape index (κ1) is 26.7. The van der Waals surface area contributed by atoms with E-state index in [1.807, 2.05) is 26.8 Å². The van der Waals surface area contributed by atoms with E-state index in [1.165, 1.54) is 4.90 Å². The average molecular weight is 494 g/mol. The van der Waals surface area contributed by atoms with Crippen LogP contribution in [0.1, 0.15) is 37.5 Å². The van der Waals surface area contributed by atoms with Gasteiger partial charge >= 0.3 is 0 Å². The molecule has 2 amide bonds. The van der Waals surface area contributed by atoms with Crippen LogP contribution >= 0.6 is 11.6 Å². The van der Waals surface area contributed by atoms with Crippen LogP contribution in [-0.2, 0) is 26.2 Å². The van der Waals surface area contributed by atoms with Gasteiger partial charge in [0.05, 0.1) is 11.9 Å². The fraction of sp³-hybridized carbons (Fsp3) is 0.417. The van der Waals surface area contributed by atoms with E-state index >= 15 is 0 Å². The van der Waals surface area contributed by atoms with Crippen LogP contribution in [0.2, 0.25) is 5.02 Å². The van der Waals surface area contributed by atoms with Crippen molar-refractivity contribution in [3.63, 3.8) is 0 Å². The van der Waals surface area contributed by atoms with Crippen LogP contribution in [0.3, 0.4) is 0 Å². The molecule has 7 nitrogen and oxygen atoms in total. The maximum atomic E-state index is 13.5. The van der Waals surface area contributed by atoms with Gasteiger partial charge in [0.2, 0.25) is 21.8 Å². The molecule has 2 aromatic rings. The van der Waals surface area contributed by atoms with Crippen molar-refractivity contribution in [1.82, 2.24) is 10.2 Å². The second-order valence-corrected chi connectivity index (χ2v) is 10.9. The molecule has 2 rings (SSSR count). The number of benzene rings is 2. The van der Waals surface area contributed by atoms with Crippen LogP contribution in [0.25, 0.3) is 0 Å². The summed E-state index contributed by atoms with van der Waals surface area (Å²) < 4.78 is 26.4. The standard InChI is InChI=1S/C24H32ClN3O4S/c1-16(2)26-24(30)19(5)27(14-20-8-7-9-21(25)13-20)23(29)15-28(33(6,31)32)22-11-10-17(3)12-18(22)4/h7-13,16,19H,14-15H2,1-6H3,(H,26,30)/t19-/m1/s1. The molecule has 0 aliphatic rings. The van der Waals surface area contributed by atoms with Crippen LogP contribution < -0.4 is 9.62 Å². The summed E-state index contributed by atoms with van der Waals surface area (Å²) in [6, 6.07) is 11.4. The molecule has 1 atom stereocenters. The van der Waals surface area contributed by atoms with Crippen LogP contribution in [-0.4, -0.2) is 50.0 Å². The number of hydrogen-bond donors (Lipinski definition) is 1. The average Bonchev–Trinajstić information content (AvgIpc) is 2.69. The molecule has 0 aromatic heterocycles. The highest BCUT2D eigenvalue weighted by Gasteiger charge is 2.30. The number of nitrogens with one attached hydrogen (secondary N) is 1. The molecule has 0 saturated heterocycles. The zero-order valence-electron chi connectivity index (χ0n) is 19.9. The van der Waals surface area contributed by atoms with Crippen LogP contribution in [0.4, 0.5) is 5.69 Å². The van der Waals surface area contributed by atoms with Gasteiger partial charge in [0.25, 0.3) is 0 Å². The predicted molar refractivity (Wildman–Crippen MR) is 133 cm³/mol. The van der Waals surface area contributed by atoms with E-state index < -0.39 is 28.5 Å². The summed E-state index contributed by atoms with van der Waals surface area (Å²) in [6.07, 6.45) is 1.07. The van der Waals surface area contributed by atoms with E-state index in [0.717, 1.165) is 27.3 Å². The molecular weight excluding hydrogens is 462 g/mol. The SMILES string of the molecule is Cc1ccc(N(CC(=O)N(Cc2cccc(Cl)c2)[C@H](C)C(=O)NC(C)C)S(C)(=O)=O)c(C)c1. The van der Waals surface area contributed by atoms with E-state index in [0.29, 0.717) is 10.7 Å². The Hall–Kier alpha value is -2.58. The van der Waals surface area contributed by atoms with E-state index in [4.69, 9.17) is 11.6 Å². The summed E-state index contributed by atoms with van der Waals surface area (Å²) in [4.78, 5) is 27.6. The highest BCUT2D eigenvalue weighted by Crippen LogP contribution is 2.24. The molecule has 0 bridgehead atoms. The molecule has 2 aromatic carbocycles. The molecule has 0 fully saturated rings. The molecular formula is C24H32ClN3O4S. The Labute approximate surface area is 201 Å². The van der Waals surface area contributed by atoms with E-state index in [2.05, 4.69) is 5.32 Å². The molecule has 0 saturated carbocycles. The minimum atomic E-state index is -3.76. The zero-order chi connectivity index (χ0) is 24.9. The predicted octanol–water partition coefficient (Wildman–Crippen LogP) is 3.66. The van der Waals surface area contributed by atoms with Gasteiger partial charge in [-0.3, -0.25) is 13.9 Å². The molecule has 0 heterocycles. The summed E-state index contributed by atoms with van der Waals surface area (Å²) >= 11 is 6.10. The lowest BCUT2D eigenvalue weighted by molar-refractivity contribution is -0.139. The Morgan fingerprint density at radius 3 is 2.27 bits per heavy atom. The number of amides is 2. The van der Waals surface area contributed by atoms with Gasteiger partial charge in [0.15, 0.2) is 0 Å². The number of hydrogen-bond acceptors (Lipinski definition) is 4. The third-order valence-corrected chi connectivity index (χ3v) is 6.50. The van der Waals surface area contributed by atoms with Crippen molar-refractivity contribution in [2.24, 2.45) is 0 Å². The van der Waals surface area contributed by atoms with Gasteiger partial charge in [-0.2, -0.15) is 0 Å². The third-order valence-electron chi connectivity index (χ3n) is 5.14. The summed E-state index contributed by atoms with van der Waals surface area (Å²) in [5.74, 6) is -0.815. The van der Waals surface area contributed by atoms with Gasteiger partial charge in [0.1, 0.15) is 12.6 Å². The monoisotopic (exact) mass is 493 g/mol. The van der Waals surface area contributed by atoms with Crippen molar-refractivity contribution in [3.05, 3.63) is 64.2 Å². The number of sulfonamides is 1. The first-order valence-electron chi connectivity index (χ1n) is 10.7. The number of anilines is 1. The molecule has 0 unspecified atom stereocenters. The Kier molecular flexibility index (Phi) is 8.91. The molecule has 0 aliphatic heterocycles. The van der Waals surface area contributed by atoms with E-state index in [1.54, 1.807) is 50.2 Å². The van der Waals surface area contributed by atoms with Gasteiger partial charge in [-0.25, -0.2) is 8.42 Å². The minimum Gasteiger partial charge on any atom is -0.352 e. The van der Waals surface area contributed by atoms with Crippen LogP contribution in [0.5, 0.6) is 0 Å². The topological polar surface area (TPSA) is 86.8 Å². The first-order chi connectivity index (χ1) is 15.3. The van der Waals surface area contributed by atoms with Gasteiger partial charge in [-0.1, -0.05) is 41.4 Å². The van der Waals surface area contributed by atoms with Crippen molar-refractivity contribution in [3.8, 4) is 0 Å². The summed E-state index contributed by atoms with van der Waals surface area (Å²) in [6.45, 7) is 8.68. The van der Waals surface area contributed by atoms with Crippen molar-refractivity contribution in [1.29, 1.82) is 0 Å². The number of rotatable bonds is 9. The Balaban J connectivity index is 2.42. The molecule has 1 N–H and O–H groups in total. The highest BCUT2D eigenvalue weighted by molar-refractivity contribution is 7.92. The third kappa shape index (κ3) is 7.47. The maximum Gasteiger partial charge on any atom is 0.244 e. The maximum absolute atomic E-state index is 13.5. The summed E-state index contributed by atoms with van der Waals surface area (Å²) in [5.41, 5.74) is 2.88. The van der Waals surface area contributed by atoms with Crippen molar-refractivity contribution < 1.29 is 18.0 Å². The van der Waals surface area contributed by atoms with Crippen molar-refractivity contribution in [2.45, 2.75) is 53.2 Å². The molecule has 180 valence electrons. The minimum absolute atomic E-state index is 0.106. The number of aryl methyl sites for hydroxylation is 2. The number of carbonyl (C=O) groups is 2. The second kappa shape index (κ2) is 11.0. The molecule has 9 heteroatoms. The van der Waals surface area contributed by atoms with Crippen molar-refractivity contribution >= 4 is 39.1 Å². The Morgan fingerprint density at radius 2 is 1.73 bits per heavy atom. The second-order valence-electron chi connectivity index (χ2n) is 8.55. The van der Waals surface area contributed by atoms with E-state index in [-0.39, 0.29) is 18.5 Å². The lowest BCUT2D eigenvalue weighted by atomic mass is 10.1. The summed E-state index contributed by atoms with van der Waals surface area (Å²) in [5, 5.41) is 3.32. The fourth-order valence-electron chi connectivity index (χ4n) is 3.50.